The number of nitrogens with zero attached hydrogens (tertiary/aromatic N) is 2. The van der Waals surface area contributed by atoms with Gasteiger partial charge in [0.1, 0.15) is 6.04 Å². The molecule has 0 aliphatic carbocycles. The van der Waals surface area contributed by atoms with Gasteiger partial charge in [0.05, 0.1) is 12.6 Å². The van der Waals surface area contributed by atoms with Crippen LogP contribution in [0.25, 0.3) is 0 Å². The number of carbonyl (C=O) groups is 2. The highest BCUT2D eigenvalue weighted by Crippen LogP contribution is 2.26. The Labute approximate surface area is 118 Å². The average molecular weight is 274 g/mol. The number of para-hydroxylation sites is 1. The molecule has 20 heavy (non-hydrogen) atoms. The van der Waals surface area contributed by atoms with Crippen LogP contribution in [-0.2, 0) is 9.53 Å². The SMILES string of the molecule is CC1C(=O)N(CC2CCCO2)C(=O)N1c1ccccc1. The third-order valence-corrected chi connectivity index (χ3v) is 3.89. The smallest absolute Gasteiger partial charge is 0.332 e. The molecule has 3 amide bonds. The van der Waals surface area contributed by atoms with Gasteiger partial charge in [0.25, 0.3) is 5.91 Å². The van der Waals surface area contributed by atoms with Gasteiger partial charge in [-0.05, 0) is 31.9 Å². The Balaban J connectivity index is 1.80. The van der Waals surface area contributed by atoms with E-state index < -0.39 is 6.04 Å². The van der Waals surface area contributed by atoms with Crippen LogP contribution >= 0.6 is 0 Å². The number of ether oxygens (including phenoxy) is 1. The maximum Gasteiger partial charge on any atom is 0.332 e. The maximum atomic E-state index is 12.5. The molecular formula is C15H18N2O3. The fourth-order valence-corrected chi connectivity index (χ4v) is 2.81. The van der Waals surface area contributed by atoms with Gasteiger partial charge in [-0.3, -0.25) is 14.6 Å². The minimum atomic E-state index is -0.452. The van der Waals surface area contributed by atoms with Crippen molar-refractivity contribution in [2.45, 2.75) is 31.9 Å². The van der Waals surface area contributed by atoms with Crippen molar-refractivity contribution in [3.8, 4) is 0 Å². The lowest BCUT2D eigenvalue weighted by molar-refractivity contribution is -0.128. The number of anilines is 1. The fourth-order valence-electron chi connectivity index (χ4n) is 2.81. The van der Waals surface area contributed by atoms with Crippen LogP contribution in [0.15, 0.2) is 30.3 Å². The molecular weight excluding hydrogens is 256 g/mol. The third kappa shape index (κ3) is 2.18. The van der Waals surface area contributed by atoms with E-state index in [0.717, 1.165) is 25.1 Å². The van der Waals surface area contributed by atoms with Gasteiger partial charge in [-0.25, -0.2) is 4.79 Å². The Kier molecular flexibility index (Phi) is 3.44. The zero-order valence-corrected chi connectivity index (χ0v) is 11.5. The molecule has 2 heterocycles. The van der Waals surface area contributed by atoms with E-state index in [-0.39, 0.29) is 18.0 Å². The summed E-state index contributed by atoms with van der Waals surface area (Å²) in [7, 11) is 0. The van der Waals surface area contributed by atoms with E-state index in [0.29, 0.717) is 6.54 Å². The maximum absolute atomic E-state index is 12.5. The van der Waals surface area contributed by atoms with Crippen molar-refractivity contribution in [3.05, 3.63) is 30.3 Å². The summed E-state index contributed by atoms with van der Waals surface area (Å²) < 4.78 is 5.52. The lowest BCUT2D eigenvalue weighted by atomic mass is 10.2. The van der Waals surface area contributed by atoms with Crippen LogP contribution in [0.4, 0.5) is 10.5 Å². The Morgan fingerprint density at radius 2 is 2.00 bits per heavy atom. The number of urea groups is 1. The number of imide groups is 1. The summed E-state index contributed by atoms with van der Waals surface area (Å²) in [5.74, 6) is -0.144. The van der Waals surface area contributed by atoms with Crippen molar-refractivity contribution in [1.29, 1.82) is 0 Å². The number of rotatable bonds is 3. The summed E-state index contributed by atoms with van der Waals surface area (Å²) in [6.45, 7) is 2.85. The van der Waals surface area contributed by atoms with Crippen LogP contribution in [0, 0.1) is 0 Å². The molecule has 106 valence electrons. The summed E-state index contributed by atoms with van der Waals surface area (Å²) in [6.07, 6.45) is 1.90. The monoisotopic (exact) mass is 274 g/mol. The molecule has 5 nitrogen and oxygen atoms in total. The number of hydrogen-bond donors (Lipinski definition) is 0. The Morgan fingerprint density at radius 3 is 2.65 bits per heavy atom. The predicted molar refractivity (Wildman–Crippen MR) is 74.5 cm³/mol. The number of amides is 3. The lowest BCUT2D eigenvalue weighted by Crippen LogP contribution is -2.38. The van der Waals surface area contributed by atoms with Crippen LogP contribution in [0.2, 0.25) is 0 Å². The molecule has 2 atom stereocenters. The molecule has 1 aromatic rings. The van der Waals surface area contributed by atoms with E-state index in [4.69, 9.17) is 4.74 Å². The highest BCUT2D eigenvalue weighted by atomic mass is 16.5. The summed E-state index contributed by atoms with van der Waals surface area (Å²) in [5.41, 5.74) is 0.758. The van der Waals surface area contributed by atoms with Crippen molar-refractivity contribution in [2.24, 2.45) is 0 Å². The molecule has 2 saturated heterocycles. The van der Waals surface area contributed by atoms with E-state index >= 15 is 0 Å². The number of hydrogen-bond acceptors (Lipinski definition) is 3. The van der Waals surface area contributed by atoms with Gasteiger partial charge in [-0.2, -0.15) is 0 Å². The van der Waals surface area contributed by atoms with Gasteiger partial charge in [0.2, 0.25) is 0 Å². The summed E-state index contributed by atoms with van der Waals surface area (Å²) >= 11 is 0. The zero-order chi connectivity index (χ0) is 14.1. The summed E-state index contributed by atoms with van der Waals surface area (Å²) in [6, 6.07) is 8.61. The highest BCUT2D eigenvalue weighted by Gasteiger charge is 2.44. The minimum Gasteiger partial charge on any atom is -0.376 e. The first kappa shape index (κ1) is 13.1. The van der Waals surface area contributed by atoms with Crippen molar-refractivity contribution in [3.63, 3.8) is 0 Å². The normalized spacial score (nSPS) is 26.6. The fraction of sp³-hybridized carbons (Fsp3) is 0.467. The Hall–Kier alpha value is -1.88. The first-order chi connectivity index (χ1) is 9.68. The second-order valence-electron chi connectivity index (χ2n) is 5.25. The van der Waals surface area contributed by atoms with E-state index in [1.165, 1.54) is 4.90 Å². The van der Waals surface area contributed by atoms with Gasteiger partial charge in [0, 0.05) is 12.3 Å². The average Bonchev–Trinajstić information content (AvgIpc) is 3.04. The Morgan fingerprint density at radius 1 is 1.25 bits per heavy atom. The van der Waals surface area contributed by atoms with Crippen molar-refractivity contribution in [2.75, 3.05) is 18.1 Å². The van der Waals surface area contributed by atoms with Crippen LogP contribution in [-0.4, -0.2) is 42.1 Å². The second kappa shape index (κ2) is 5.25. The van der Waals surface area contributed by atoms with Gasteiger partial charge in [-0.1, -0.05) is 18.2 Å². The minimum absolute atomic E-state index is 0.00850. The molecule has 2 aliphatic rings. The molecule has 2 unspecified atom stereocenters. The molecule has 2 aliphatic heterocycles. The van der Waals surface area contributed by atoms with Crippen LogP contribution in [0.5, 0.6) is 0 Å². The highest BCUT2D eigenvalue weighted by molar-refractivity contribution is 6.14. The van der Waals surface area contributed by atoms with Crippen LogP contribution < -0.4 is 4.90 Å². The zero-order valence-electron chi connectivity index (χ0n) is 11.5. The molecule has 1 aromatic carbocycles. The van der Waals surface area contributed by atoms with Gasteiger partial charge < -0.3 is 4.74 Å². The van der Waals surface area contributed by atoms with Gasteiger partial charge in [-0.15, -0.1) is 0 Å². The molecule has 0 radical (unpaired) electrons. The molecule has 0 N–H and O–H groups in total. The first-order valence-corrected chi connectivity index (χ1v) is 6.99. The molecule has 5 heteroatoms. The predicted octanol–water partition coefficient (Wildman–Crippen LogP) is 2.02. The molecule has 3 rings (SSSR count). The van der Waals surface area contributed by atoms with Gasteiger partial charge in [0.15, 0.2) is 0 Å². The largest absolute Gasteiger partial charge is 0.376 e. The standard InChI is InChI=1S/C15H18N2O3/c1-11-14(18)16(10-13-8-5-9-20-13)15(19)17(11)12-6-3-2-4-7-12/h2-4,6-7,11,13H,5,8-10H2,1H3. The summed E-state index contributed by atoms with van der Waals surface area (Å²) in [5, 5.41) is 0. The van der Waals surface area contributed by atoms with E-state index in [9.17, 15) is 9.59 Å². The van der Waals surface area contributed by atoms with Crippen LogP contribution in [0.1, 0.15) is 19.8 Å². The second-order valence-corrected chi connectivity index (χ2v) is 5.25. The van der Waals surface area contributed by atoms with E-state index in [2.05, 4.69) is 0 Å². The van der Waals surface area contributed by atoms with E-state index in [1.807, 2.05) is 30.3 Å². The number of benzene rings is 1. The topological polar surface area (TPSA) is 49.9 Å². The van der Waals surface area contributed by atoms with Crippen LogP contribution in [0.3, 0.4) is 0 Å². The molecule has 0 bridgehead atoms. The van der Waals surface area contributed by atoms with E-state index in [1.54, 1.807) is 11.8 Å². The Bertz CT molecular complexity index is 511. The number of carbonyl (C=O) groups excluding carboxylic acids is 2. The third-order valence-electron chi connectivity index (χ3n) is 3.89. The van der Waals surface area contributed by atoms with Crippen molar-refractivity contribution < 1.29 is 14.3 Å². The molecule has 0 aromatic heterocycles. The lowest BCUT2D eigenvalue weighted by Gasteiger charge is -2.20. The first-order valence-electron chi connectivity index (χ1n) is 6.99. The quantitative estimate of drug-likeness (QED) is 0.792. The summed E-state index contributed by atoms with van der Waals surface area (Å²) in [4.78, 5) is 27.7. The molecule has 2 fully saturated rings. The van der Waals surface area contributed by atoms with Crippen molar-refractivity contribution in [1.82, 2.24) is 4.90 Å². The van der Waals surface area contributed by atoms with Gasteiger partial charge >= 0.3 is 6.03 Å². The van der Waals surface area contributed by atoms with Crippen molar-refractivity contribution >= 4 is 17.6 Å². The molecule has 0 spiro atoms. The molecule has 0 saturated carbocycles.